The van der Waals surface area contributed by atoms with Gasteiger partial charge in [0, 0.05) is 4.90 Å². The molecular weight excluding hydrogens is 810 g/mol. The molecule has 14 heteroatoms. The van der Waals surface area contributed by atoms with Gasteiger partial charge in [-0.1, -0.05) is 157 Å². The molecule has 1 aliphatic heterocycles. The highest BCUT2D eigenvalue weighted by Crippen LogP contribution is 2.69. The van der Waals surface area contributed by atoms with Crippen molar-refractivity contribution >= 4 is 27.2 Å². The van der Waals surface area contributed by atoms with Gasteiger partial charge in [0.05, 0.1) is 26.4 Å². The highest BCUT2D eigenvalue weighted by molar-refractivity contribution is 8.00. The second-order valence-electron chi connectivity index (χ2n) is 13.6. The molecule has 0 spiro atoms. The van der Waals surface area contributed by atoms with Gasteiger partial charge in [0.15, 0.2) is 5.44 Å². The Hall–Kier alpha value is -4.55. The summed E-state index contributed by atoms with van der Waals surface area (Å²) in [5.41, 5.74) is 0.791. The van der Waals surface area contributed by atoms with Crippen molar-refractivity contribution in [1.29, 1.82) is 0 Å². The molecule has 0 bridgehead atoms. The summed E-state index contributed by atoms with van der Waals surface area (Å²) in [5, 5.41) is -2.84. The zero-order chi connectivity index (χ0) is 41.0. The molecule has 0 radical (unpaired) electrons. The van der Waals surface area contributed by atoms with Crippen molar-refractivity contribution in [1.82, 2.24) is 0 Å². The molecule has 0 amide bonds. The van der Waals surface area contributed by atoms with Crippen molar-refractivity contribution in [3.63, 3.8) is 0 Å². The van der Waals surface area contributed by atoms with E-state index in [1.165, 1.54) is 24.3 Å². The maximum Gasteiger partial charge on any atom is 0.528 e. The summed E-state index contributed by atoms with van der Waals surface area (Å²) in [6.07, 6.45) is -3.93. The number of ether oxygens (including phenoxy) is 4. The topological polar surface area (TPSA) is 139 Å². The van der Waals surface area contributed by atoms with Crippen LogP contribution in [0.25, 0.3) is 0 Å². The van der Waals surface area contributed by atoms with Gasteiger partial charge < -0.3 is 32.9 Å². The number of phosphoric ester groups is 1. The van der Waals surface area contributed by atoms with Gasteiger partial charge in [0.25, 0.3) is 5.34 Å². The SMILES string of the molecule is O=P(O)(Oc1ccccc1)O[C@@]1(P(=O)(O)Oc2ccccc2)[C@H](Sc2ccccc2)O[C@H](COCc2ccccc2)[C@@H](OCc2ccccc2)[C@@H]1OCc1ccccc1. The lowest BCUT2D eigenvalue weighted by molar-refractivity contribution is -0.255. The highest BCUT2D eigenvalue weighted by atomic mass is 32.2. The second-order valence-corrected chi connectivity index (χ2v) is 17.9. The Morgan fingerprint density at radius 2 is 1.00 bits per heavy atom. The van der Waals surface area contributed by atoms with Crippen LogP contribution in [0.3, 0.4) is 0 Å². The van der Waals surface area contributed by atoms with Crippen molar-refractivity contribution in [2.24, 2.45) is 0 Å². The summed E-state index contributed by atoms with van der Waals surface area (Å²) in [5.74, 6) is -0.0431. The van der Waals surface area contributed by atoms with Crippen LogP contribution >= 0.6 is 27.2 Å². The van der Waals surface area contributed by atoms with Crippen LogP contribution in [0.1, 0.15) is 16.7 Å². The second kappa shape index (κ2) is 20.1. The molecule has 1 heterocycles. The lowest BCUT2D eigenvalue weighted by Crippen LogP contribution is -2.67. The number of rotatable bonds is 19. The number of thioether (sulfide) groups is 1. The first kappa shape index (κ1) is 42.6. The third kappa shape index (κ3) is 11.2. The molecule has 2 unspecified atom stereocenters. The van der Waals surface area contributed by atoms with Crippen LogP contribution in [0.4, 0.5) is 0 Å². The van der Waals surface area contributed by atoms with E-state index in [1.54, 1.807) is 60.7 Å². The molecule has 306 valence electrons. The Balaban J connectivity index is 1.40. The molecule has 59 heavy (non-hydrogen) atoms. The molecule has 1 saturated heterocycles. The number of hydrogen-bond donors (Lipinski definition) is 2. The van der Waals surface area contributed by atoms with E-state index >= 15 is 4.57 Å². The van der Waals surface area contributed by atoms with Gasteiger partial charge >= 0.3 is 15.4 Å². The Kier molecular flexibility index (Phi) is 14.5. The minimum Gasteiger partial charge on any atom is -0.422 e. The molecule has 1 fully saturated rings. The quantitative estimate of drug-likeness (QED) is 0.0750. The van der Waals surface area contributed by atoms with Gasteiger partial charge in [-0.15, -0.1) is 0 Å². The molecule has 7 atom stereocenters. The molecule has 0 aliphatic carbocycles. The molecule has 1 aliphatic rings. The zero-order valence-corrected chi connectivity index (χ0v) is 34.4. The van der Waals surface area contributed by atoms with Crippen LogP contribution in [0.2, 0.25) is 0 Å². The molecule has 6 aromatic rings. The summed E-state index contributed by atoms with van der Waals surface area (Å²) in [7, 11) is -10.8. The van der Waals surface area contributed by atoms with E-state index in [0.717, 1.165) is 22.9 Å². The normalized spacial score (nSPS) is 22.4. The number of phosphoric acid groups is 1. The Morgan fingerprint density at radius 3 is 1.53 bits per heavy atom. The molecule has 11 nitrogen and oxygen atoms in total. The van der Waals surface area contributed by atoms with Crippen molar-refractivity contribution in [3.05, 3.63) is 199 Å². The molecule has 0 aromatic heterocycles. The van der Waals surface area contributed by atoms with E-state index in [2.05, 4.69) is 0 Å². The van der Waals surface area contributed by atoms with E-state index in [9.17, 15) is 14.4 Å². The average molecular weight is 855 g/mol. The van der Waals surface area contributed by atoms with Crippen LogP contribution in [0.15, 0.2) is 187 Å². The van der Waals surface area contributed by atoms with Crippen LogP contribution in [-0.2, 0) is 52.4 Å². The molecule has 6 aromatic carbocycles. The predicted molar refractivity (Wildman–Crippen MR) is 225 cm³/mol. The number of benzene rings is 6. The highest BCUT2D eigenvalue weighted by Gasteiger charge is 2.72. The third-order valence-corrected chi connectivity index (χ3v) is 13.7. The summed E-state index contributed by atoms with van der Waals surface area (Å²) in [4.78, 5) is 25.0. The van der Waals surface area contributed by atoms with Gasteiger partial charge in [-0.3, -0.25) is 4.89 Å². The Morgan fingerprint density at radius 1 is 0.559 bits per heavy atom. The van der Waals surface area contributed by atoms with Gasteiger partial charge in [-0.05, 0) is 53.1 Å². The van der Waals surface area contributed by atoms with Crippen LogP contribution in [0.5, 0.6) is 11.5 Å². The van der Waals surface area contributed by atoms with E-state index < -0.39 is 44.5 Å². The Labute approximate surface area is 348 Å². The maximum atomic E-state index is 15.6. The van der Waals surface area contributed by atoms with Crippen LogP contribution in [0, 0.1) is 0 Å². The summed E-state index contributed by atoms with van der Waals surface area (Å²) in [6.45, 7) is -0.00264. The van der Waals surface area contributed by atoms with Gasteiger partial charge in [-0.2, -0.15) is 0 Å². The monoisotopic (exact) mass is 854 g/mol. The fourth-order valence-corrected chi connectivity index (χ4v) is 11.4. The fraction of sp³-hybridized carbons (Fsp3) is 0.200. The maximum absolute atomic E-state index is 15.6. The molecule has 7 rings (SSSR count). The first-order valence-electron chi connectivity index (χ1n) is 18.9. The standard InChI is InChI=1S/C45H44O11P2S/c46-57(47,54-38-25-13-4-14-26-38)45(56-58(48,49)55-39-27-15-5-16-28-39)43(52-33-37-23-11-3-12-24-37)42(51-32-36-21-9-2-10-22-36)41(34-50-31-35-19-7-1-8-20-35)53-44(45)59-40-29-17-6-18-30-40/h1-30,41-44H,31-34H2,(H,46,47)(H,48,49)/t41-,42-,43+,44+,45+/m1/s1. The van der Waals surface area contributed by atoms with Crippen molar-refractivity contribution in [2.75, 3.05) is 6.61 Å². The largest absolute Gasteiger partial charge is 0.528 e. The van der Waals surface area contributed by atoms with E-state index in [4.69, 9.17) is 32.5 Å². The number of hydrogen-bond acceptors (Lipinski definition) is 10. The van der Waals surface area contributed by atoms with E-state index in [1.807, 2.05) is 97.1 Å². The fourth-order valence-electron chi connectivity index (χ4n) is 6.52. The van der Waals surface area contributed by atoms with Gasteiger partial charge in [-0.25, -0.2) is 13.7 Å². The molecular formula is C45H44O11P2S. The van der Waals surface area contributed by atoms with Crippen LogP contribution in [-0.4, -0.2) is 45.5 Å². The van der Waals surface area contributed by atoms with Crippen LogP contribution < -0.4 is 9.05 Å². The van der Waals surface area contributed by atoms with Crippen molar-refractivity contribution in [3.8, 4) is 11.5 Å². The van der Waals surface area contributed by atoms with Gasteiger partial charge in [0.1, 0.15) is 29.8 Å². The summed E-state index contributed by atoms with van der Waals surface area (Å²) in [6, 6.07) is 52.8. The molecule has 0 saturated carbocycles. The number of para-hydroxylation sites is 2. The Bertz CT molecular complexity index is 2260. The van der Waals surface area contributed by atoms with E-state index in [0.29, 0.717) is 10.5 Å². The third-order valence-electron chi connectivity index (χ3n) is 9.29. The minimum atomic E-state index is -5.45. The van der Waals surface area contributed by atoms with Gasteiger partial charge in [0.2, 0.25) is 0 Å². The van der Waals surface area contributed by atoms with E-state index in [-0.39, 0.29) is 37.9 Å². The first-order chi connectivity index (χ1) is 28.7. The predicted octanol–water partition coefficient (Wildman–Crippen LogP) is 10.0. The minimum absolute atomic E-state index is 0.00556. The summed E-state index contributed by atoms with van der Waals surface area (Å²) >= 11 is 0.993. The van der Waals surface area contributed by atoms with Crippen molar-refractivity contribution < 1.29 is 51.4 Å². The lowest BCUT2D eigenvalue weighted by Gasteiger charge is -2.53. The molecule has 2 N–H and O–H groups in total. The zero-order valence-electron chi connectivity index (χ0n) is 31.8. The average Bonchev–Trinajstić information content (AvgIpc) is 3.25. The van der Waals surface area contributed by atoms with Crippen molar-refractivity contribution in [2.45, 2.75) is 53.8 Å². The first-order valence-corrected chi connectivity index (χ1v) is 22.8. The summed E-state index contributed by atoms with van der Waals surface area (Å²) < 4.78 is 74.6. The lowest BCUT2D eigenvalue weighted by atomic mass is 9.98. The smallest absolute Gasteiger partial charge is 0.422 e.